The minimum atomic E-state index is -3.12. The first-order valence-corrected chi connectivity index (χ1v) is 11.7. The topological polar surface area (TPSA) is 83.5 Å². The number of para-hydroxylation sites is 1. The van der Waals surface area contributed by atoms with E-state index in [1.807, 2.05) is 48.5 Å². The van der Waals surface area contributed by atoms with Crippen molar-refractivity contribution in [3.05, 3.63) is 94.7 Å². The summed E-state index contributed by atoms with van der Waals surface area (Å²) in [4.78, 5) is 11.1. The molecule has 7 nitrogen and oxygen atoms in total. The Morgan fingerprint density at radius 2 is 1.71 bits per heavy atom. The third-order valence-electron chi connectivity index (χ3n) is 5.55. The van der Waals surface area contributed by atoms with Gasteiger partial charge in [-0.25, -0.2) is 9.97 Å². The normalized spacial score (nSPS) is 11.6. The van der Waals surface area contributed by atoms with E-state index in [0.29, 0.717) is 34.8 Å². The molecule has 5 aromatic rings. The maximum absolute atomic E-state index is 15.5. The molecule has 0 amide bonds. The molecule has 10 heteroatoms. The molecule has 0 fully saturated rings. The highest BCUT2D eigenvalue weighted by Gasteiger charge is 2.35. The van der Waals surface area contributed by atoms with Gasteiger partial charge >= 0.3 is 0 Å². The Balaban J connectivity index is 1.61. The van der Waals surface area contributed by atoms with Gasteiger partial charge in [-0.1, -0.05) is 75.7 Å². The van der Waals surface area contributed by atoms with Gasteiger partial charge in [-0.2, -0.15) is 14.0 Å². The molecule has 5 rings (SSSR count). The number of fused-ring (bicyclic) bond motifs is 1. The summed E-state index contributed by atoms with van der Waals surface area (Å²) in [5.74, 6) is -1.82. The maximum Gasteiger partial charge on any atom is 0.290 e. The first kappa shape index (κ1) is 23.0. The molecule has 0 radical (unpaired) electrons. The second kappa shape index (κ2) is 9.83. The summed E-state index contributed by atoms with van der Waals surface area (Å²) in [6.07, 6.45) is 0.311. The van der Waals surface area contributed by atoms with Gasteiger partial charge in [0.15, 0.2) is 11.6 Å². The van der Waals surface area contributed by atoms with Crippen LogP contribution in [0.25, 0.3) is 22.3 Å². The molecular formula is C25H20BrF2N7. The molecule has 0 saturated heterocycles. The zero-order valence-corrected chi connectivity index (χ0v) is 20.0. The SMILES string of the molecule is FC(F)(CN(CCc1nn[nH]n1)c1nc(-c2cccc(Br)c2)nc2ccccc12)c1ccccc1. The molecule has 176 valence electrons. The van der Waals surface area contributed by atoms with Gasteiger partial charge in [0, 0.05) is 34.0 Å². The van der Waals surface area contributed by atoms with Crippen LogP contribution in [0.5, 0.6) is 0 Å². The molecule has 0 atom stereocenters. The molecule has 3 aromatic carbocycles. The number of H-pyrrole nitrogens is 1. The van der Waals surface area contributed by atoms with E-state index in [1.54, 1.807) is 23.1 Å². The van der Waals surface area contributed by atoms with Crippen molar-refractivity contribution < 1.29 is 8.78 Å². The van der Waals surface area contributed by atoms with Gasteiger partial charge in [-0.15, -0.1) is 10.2 Å². The second-order valence-electron chi connectivity index (χ2n) is 7.97. The number of aromatic nitrogens is 6. The zero-order valence-electron chi connectivity index (χ0n) is 18.4. The van der Waals surface area contributed by atoms with Crippen LogP contribution in [-0.2, 0) is 12.3 Å². The fraction of sp³-hybridized carbons (Fsp3) is 0.160. The number of halogens is 3. The quantitative estimate of drug-likeness (QED) is 0.286. The van der Waals surface area contributed by atoms with Gasteiger partial charge in [0.2, 0.25) is 0 Å². The Bertz CT molecular complexity index is 1430. The molecule has 0 spiro atoms. The Morgan fingerprint density at radius 1 is 0.914 bits per heavy atom. The molecule has 0 aliphatic carbocycles. The third kappa shape index (κ3) is 5.17. The van der Waals surface area contributed by atoms with Crippen LogP contribution < -0.4 is 4.90 Å². The van der Waals surface area contributed by atoms with E-state index in [1.165, 1.54) is 12.1 Å². The van der Waals surface area contributed by atoms with Gasteiger partial charge in [-0.05, 0) is 24.3 Å². The molecule has 2 heterocycles. The number of hydrogen-bond donors (Lipinski definition) is 1. The van der Waals surface area contributed by atoms with E-state index in [4.69, 9.17) is 9.97 Å². The van der Waals surface area contributed by atoms with Crippen molar-refractivity contribution in [2.75, 3.05) is 18.0 Å². The minimum Gasteiger partial charge on any atom is -0.349 e. The van der Waals surface area contributed by atoms with Crippen LogP contribution in [0.2, 0.25) is 0 Å². The monoisotopic (exact) mass is 535 g/mol. The highest BCUT2D eigenvalue weighted by molar-refractivity contribution is 9.10. The molecular weight excluding hydrogens is 516 g/mol. The number of aromatic amines is 1. The minimum absolute atomic E-state index is 0.0601. The van der Waals surface area contributed by atoms with E-state index in [0.717, 1.165) is 10.0 Å². The lowest BCUT2D eigenvalue weighted by Gasteiger charge is -2.29. The number of hydrogen-bond acceptors (Lipinski definition) is 6. The number of anilines is 1. The molecule has 0 aliphatic heterocycles. The van der Waals surface area contributed by atoms with Crippen LogP contribution in [0.4, 0.5) is 14.6 Å². The van der Waals surface area contributed by atoms with Crippen molar-refractivity contribution >= 4 is 32.7 Å². The van der Waals surface area contributed by atoms with Crippen LogP contribution >= 0.6 is 15.9 Å². The van der Waals surface area contributed by atoms with E-state index >= 15 is 8.78 Å². The van der Waals surface area contributed by atoms with Crippen molar-refractivity contribution in [2.24, 2.45) is 0 Å². The first-order chi connectivity index (χ1) is 17.0. The van der Waals surface area contributed by atoms with Crippen LogP contribution in [0, 0.1) is 0 Å². The molecule has 0 aliphatic rings. The lowest BCUT2D eigenvalue weighted by atomic mass is 10.1. The smallest absolute Gasteiger partial charge is 0.290 e. The van der Waals surface area contributed by atoms with Crippen molar-refractivity contribution in [2.45, 2.75) is 12.3 Å². The Morgan fingerprint density at radius 3 is 2.49 bits per heavy atom. The van der Waals surface area contributed by atoms with Crippen molar-refractivity contribution in [3.8, 4) is 11.4 Å². The van der Waals surface area contributed by atoms with Crippen LogP contribution in [0.1, 0.15) is 11.4 Å². The van der Waals surface area contributed by atoms with E-state index in [-0.39, 0.29) is 12.1 Å². The summed E-state index contributed by atoms with van der Waals surface area (Å²) in [5, 5.41) is 14.6. The summed E-state index contributed by atoms with van der Waals surface area (Å²) >= 11 is 3.48. The predicted molar refractivity (Wildman–Crippen MR) is 133 cm³/mol. The average Bonchev–Trinajstić information content (AvgIpc) is 3.40. The summed E-state index contributed by atoms with van der Waals surface area (Å²) < 4.78 is 31.9. The fourth-order valence-corrected chi connectivity index (χ4v) is 4.25. The maximum atomic E-state index is 15.5. The van der Waals surface area contributed by atoms with Crippen LogP contribution in [-0.4, -0.2) is 43.7 Å². The third-order valence-corrected chi connectivity index (χ3v) is 6.04. The van der Waals surface area contributed by atoms with Crippen LogP contribution in [0.3, 0.4) is 0 Å². The number of alkyl halides is 2. The number of nitrogens with zero attached hydrogens (tertiary/aromatic N) is 6. The Hall–Kier alpha value is -3.79. The standard InChI is InChI=1S/C25H20BrF2N7/c26-19-10-6-7-17(15-19)23-29-21-12-5-4-11-20(21)24(30-23)35(14-13-22-31-33-34-32-22)16-25(27,28)18-8-2-1-3-9-18/h1-12,15H,13-14,16H2,(H,31,32,33,34). The van der Waals surface area contributed by atoms with Gasteiger partial charge in [0.05, 0.1) is 12.1 Å². The molecule has 0 unspecified atom stereocenters. The summed E-state index contributed by atoms with van der Waals surface area (Å²) in [5.41, 5.74) is 1.38. The molecule has 35 heavy (non-hydrogen) atoms. The Kier molecular flexibility index (Phi) is 6.45. The summed E-state index contributed by atoms with van der Waals surface area (Å²) in [6.45, 7) is -0.366. The van der Waals surface area contributed by atoms with Gasteiger partial charge < -0.3 is 4.90 Å². The fourth-order valence-electron chi connectivity index (χ4n) is 3.85. The second-order valence-corrected chi connectivity index (χ2v) is 8.88. The van der Waals surface area contributed by atoms with Crippen LogP contribution in [0.15, 0.2) is 83.3 Å². The molecule has 2 aromatic heterocycles. The highest BCUT2D eigenvalue weighted by Crippen LogP contribution is 2.34. The number of nitrogens with one attached hydrogen (secondary N) is 1. The predicted octanol–water partition coefficient (Wildman–Crippen LogP) is 5.41. The number of rotatable bonds is 8. The van der Waals surface area contributed by atoms with Crippen molar-refractivity contribution in [1.29, 1.82) is 0 Å². The van der Waals surface area contributed by atoms with E-state index in [9.17, 15) is 0 Å². The number of benzene rings is 3. The first-order valence-electron chi connectivity index (χ1n) is 10.9. The molecule has 0 saturated carbocycles. The molecule has 1 N–H and O–H groups in total. The zero-order chi connectivity index (χ0) is 24.3. The Labute approximate surface area is 208 Å². The van der Waals surface area contributed by atoms with Gasteiger partial charge in [-0.3, -0.25) is 0 Å². The van der Waals surface area contributed by atoms with Crippen molar-refractivity contribution in [1.82, 2.24) is 30.6 Å². The summed E-state index contributed by atoms with van der Waals surface area (Å²) in [6, 6.07) is 22.8. The lowest BCUT2D eigenvalue weighted by Crippen LogP contribution is -2.37. The van der Waals surface area contributed by atoms with Gasteiger partial charge in [0.25, 0.3) is 5.92 Å². The number of tetrazole rings is 1. The van der Waals surface area contributed by atoms with Gasteiger partial charge in [0.1, 0.15) is 5.82 Å². The lowest BCUT2D eigenvalue weighted by molar-refractivity contribution is 0.00384. The highest BCUT2D eigenvalue weighted by atomic mass is 79.9. The summed E-state index contributed by atoms with van der Waals surface area (Å²) in [7, 11) is 0. The van der Waals surface area contributed by atoms with E-state index < -0.39 is 12.5 Å². The average molecular weight is 536 g/mol. The van der Waals surface area contributed by atoms with E-state index in [2.05, 4.69) is 36.6 Å². The largest absolute Gasteiger partial charge is 0.349 e. The van der Waals surface area contributed by atoms with Crippen molar-refractivity contribution in [3.63, 3.8) is 0 Å². The molecule has 0 bridgehead atoms.